The molecule has 0 bridgehead atoms. The van der Waals surface area contributed by atoms with Crippen LogP contribution in [0.3, 0.4) is 0 Å². The lowest BCUT2D eigenvalue weighted by atomic mass is 9.96. The van der Waals surface area contributed by atoms with Crippen molar-refractivity contribution in [2.24, 2.45) is 5.73 Å². The van der Waals surface area contributed by atoms with Crippen LogP contribution in [0.1, 0.15) is 34.5 Å². The van der Waals surface area contributed by atoms with E-state index in [1.54, 1.807) is 6.07 Å². The molecule has 0 amide bonds. The van der Waals surface area contributed by atoms with Crippen molar-refractivity contribution in [3.8, 4) is 11.1 Å². The molecule has 1 aliphatic carbocycles. The van der Waals surface area contributed by atoms with Gasteiger partial charge < -0.3 is 10.5 Å². The van der Waals surface area contributed by atoms with Crippen LogP contribution in [0.4, 0.5) is 0 Å². The molecule has 0 heterocycles. The van der Waals surface area contributed by atoms with Gasteiger partial charge in [-0.2, -0.15) is 0 Å². The molecule has 0 saturated carbocycles. The summed E-state index contributed by atoms with van der Waals surface area (Å²) in [7, 11) is 0. The monoisotopic (exact) mass is 281 g/mol. The normalized spacial score (nSPS) is 15.2. The van der Waals surface area contributed by atoms with Crippen LogP contribution in [0, 0.1) is 0 Å². The number of nitrogens with two attached hydrogens (primary N) is 1. The fourth-order valence-corrected chi connectivity index (χ4v) is 2.79. The summed E-state index contributed by atoms with van der Waals surface area (Å²) in [6, 6.07) is 13.1. The van der Waals surface area contributed by atoms with E-state index < -0.39 is 5.97 Å². The topological polar surface area (TPSA) is 69.4 Å². The molecule has 2 N–H and O–H groups in total. The maximum Gasteiger partial charge on any atom is 0.303 e. The van der Waals surface area contributed by atoms with Crippen LogP contribution in [0.2, 0.25) is 0 Å². The Bertz CT molecular complexity index is 737. The van der Waals surface area contributed by atoms with E-state index in [1.165, 1.54) is 6.92 Å². The number of fused-ring (bicyclic) bond motifs is 3. The molecule has 0 saturated heterocycles. The third-order valence-corrected chi connectivity index (χ3v) is 3.71. The van der Waals surface area contributed by atoms with Gasteiger partial charge in [-0.15, -0.1) is 0 Å². The van der Waals surface area contributed by atoms with Crippen molar-refractivity contribution in [2.75, 3.05) is 6.61 Å². The molecule has 0 aromatic heterocycles. The van der Waals surface area contributed by atoms with Crippen molar-refractivity contribution in [2.45, 2.75) is 13.0 Å². The summed E-state index contributed by atoms with van der Waals surface area (Å²) in [6.07, 6.45) is 0. The van der Waals surface area contributed by atoms with Gasteiger partial charge in [0.25, 0.3) is 0 Å². The number of carbonyl (C=O) groups is 2. The van der Waals surface area contributed by atoms with Crippen molar-refractivity contribution in [3.05, 3.63) is 59.2 Å². The predicted octanol–water partition coefficient (Wildman–Crippen LogP) is 2.46. The Labute approximate surface area is 122 Å². The van der Waals surface area contributed by atoms with E-state index in [-0.39, 0.29) is 18.4 Å². The van der Waals surface area contributed by atoms with Crippen LogP contribution in [-0.4, -0.2) is 18.4 Å². The molecular formula is C17H15NO3. The highest BCUT2D eigenvalue weighted by molar-refractivity contribution is 6.02. The number of ether oxygens (including phenoxy) is 1. The van der Waals surface area contributed by atoms with Gasteiger partial charge in [-0.25, -0.2) is 0 Å². The predicted molar refractivity (Wildman–Crippen MR) is 78.9 cm³/mol. The number of benzene rings is 2. The molecule has 4 nitrogen and oxygen atoms in total. The number of ketones is 1. The van der Waals surface area contributed by atoms with E-state index in [0.717, 1.165) is 22.3 Å². The van der Waals surface area contributed by atoms with Gasteiger partial charge in [-0.3, -0.25) is 9.59 Å². The third kappa shape index (κ3) is 2.23. The van der Waals surface area contributed by atoms with Crippen molar-refractivity contribution in [1.82, 2.24) is 0 Å². The molecule has 21 heavy (non-hydrogen) atoms. The van der Waals surface area contributed by atoms with Crippen molar-refractivity contribution < 1.29 is 14.3 Å². The van der Waals surface area contributed by atoms with Gasteiger partial charge in [-0.05, 0) is 22.3 Å². The zero-order valence-electron chi connectivity index (χ0n) is 11.6. The molecule has 0 radical (unpaired) electrons. The van der Waals surface area contributed by atoms with Gasteiger partial charge in [0.1, 0.15) is 0 Å². The molecule has 0 fully saturated rings. The fourth-order valence-electron chi connectivity index (χ4n) is 2.79. The van der Waals surface area contributed by atoms with Gasteiger partial charge >= 0.3 is 5.97 Å². The summed E-state index contributed by atoms with van der Waals surface area (Å²) in [5, 5.41) is 0. The van der Waals surface area contributed by atoms with Crippen molar-refractivity contribution >= 4 is 11.8 Å². The van der Waals surface area contributed by atoms with Crippen molar-refractivity contribution in [1.29, 1.82) is 0 Å². The number of esters is 1. The smallest absolute Gasteiger partial charge is 0.303 e. The molecular weight excluding hydrogens is 266 g/mol. The van der Waals surface area contributed by atoms with E-state index in [9.17, 15) is 9.59 Å². The number of hydrogen-bond acceptors (Lipinski definition) is 4. The van der Waals surface area contributed by atoms with E-state index >= 15 is 0 Å². The average molecular weight is 281 g/mol. The lowest BCUT2D eigenvalue weighted by Crippen LogP contribution is -2.17. The molecule has 2 aromatic rings. The summed E-state index contributed by atoms with van der Waals surface area (Å²) in [4.78, 5) is 23.1. The van der Waals surface area contributed by atoms with E-state index in [1.807, 2.05) is 36.4 Å². The summed E-state index contributed by atoms with van der Waals surface area (Å²) in [5.74, 6) is -0.700. The highest BCUT2D eigenvalue weighted by Crippen LogP contribution is 2.43. The maximum atomic E-state index is 12.3. The lowest BCUT2D eigenvalue weighted by molar-refractivity contribution is -0.139. The maximum absolute atomic E-state index is 12.3. The lowest BCUT2D eigenvalue weighted by Gasteiger charge is -2.12. The standard InChI is InChI=1S/C17H15NO3/c1-10(19)21-9-15(20)14-8-4-7-12-11-5-2-3-6-13(11)17(18)16(12)14/h2-8,17H,9,18H2,1H3. The average Bonchev–Trinajstić information content (AvgIpc) is 2.79. The minimum Gasteiger partial charge on any atom is -0.457 e. The van der Waals surface area contributed by atoms with E-state index in [4.69, 9.17) is 10.5 Å². The molecule has 1 atom stereocenters. The molecule has 4 heteroatoms. The van der Waals surface area contributed by atoms with E-state index in [2.05, 4.69) is 0 Å². The molecule has 3 rings (SSSR count). The number of hydrogen-bond donors (Lipinski definition) is 1. The summed E-state index contributed by atoms with van der Waals surface area (Å²) < 4.78 is 4.80. The van der Waals surface area contributed by atoms with Crippen LogP contribution < -0.4 is 5.73 Å². The first-order chi connectivity index (χ1) is 10.1. The third-order valence-electron chi connectivity index (χ3n) is 3.71. The van der Waals surface area contributed by atoms with Gasteiger partial charge in [-0.1, -0.05) is 42.5 Å². The number of carbonyl (C=O) groups excluding carboxylic acids is 2. The number of Topliss-reactive ketones (excluding diaryl/α,β-unsaturated/α-hetero) is 1. The Hall–Kier alpha value is -2.46. The Kier molecular flexibility index (Phi) is 3.31. The molecule has 2 aromatic carbocycles. The molecule has 1 unspecified atom stereocenters. The minimum absolute atomic E-state index is 0.231. The van der Waals surface area contributed by atoms with Crippen molar-refractivity contribution in [3.63, 3.8) is 0 Å². The minimum atomic E-state index is -0.469. The van der Waals surface area contributed by atoms with Gasteiger partial charge in [0.15, 0.2) is 6.61 Å². The molecule has 0 aliphatic heterocycles. The second-order valence-electron chi connectivity index (χ2n) is 5.04. The summed E-state index contributed by atoms with van der Waals surface area (Å²) >= 11 is 0. The SMILES string of the molecule is CC(=O)OCC(=O)c1cccc2c1C(N)c1ccccc1-2. The first-order valence-corrected chi connectivity index (χ1v) is 6.74. The van der Waals surface area contributed by atoms with Crippen LogP contribution in [0.5, 0.6) is 0 Å². The largest absolute Gasteiger partial charge is 0.457 e. The fraction of sp³-hybridized carbons (Fsp3) is 0.176. The molecule has 1 aliphatic rings. The van der Waals surface area contributed by atoms with Crippen LogP contribution in [-0.2, 0) is 9.53 Å². The van der Waals surface area contributed by atoms with Crippen LogP contribution in [0.25, 0.3) is 11.1 Å². The highest BCUT2D eigenvalue weighted by atomic mass is 16.5. The zero-order valence-corrected chi connectivity index (χ0v) is 11.6. The van der Waals surface area contributed by atoms with Crippen LogP contribution in [0.15, 0.2) is 42.5 Å². The first-order valence-electron chi connectivity index (χ1n) is 6.74. The second kappa shape index (κ2) is 5.14. The summed E-state index contributed by atoms with van der Waals surface area (Å²) in [5.41, 5.74) is 10.7. The Morgan fingerprint density at radius 2 is 1.81 bits per heavy atom. The first kappa shape index (κ1) is 13.5. The van der Waals surface area contributed by atoms with E-state index in [0.29, 0.717) is 5.56 Å². The van der Waals surface area contributed by atoms with Gasteiger partial charge in [0.2, 0.25) is 5.78 Å². The van der Waals surface area contributed by atoms with Gasteiger partial charge in [0.05, 0.1) is 6.04 Å². The Morgan fingerprint density at radius 3 is 2.57 bits per heavy atom. The zero-order chi connectivity index (χ0) is 15.0. The Morgan fingerprint density at radius 1 is 1.10 bits per heavy atom. The molecule has 106 valence electrons. The quantitative estimate of drug-likeness (QED) is 0.693. The van der Waals surface area contributed by atoms with Crippen LogP contribution >= 0.6 is 0 Å². The molecule has 0 spiro atoms. The Balaban J connectivity index is 2.04. The second-order valence-corrected chi connectivity index (χ2v) is 5.04. The summed E-state index contributed by atoms with van der Waals surface area (Å²) in [6.45, 7) is 1.03. The highest BCUT2D eigenvalue weighted by Gasteiger charge is 2.29. The van der Waals surface area contributed by atoms with Gasteiger partial charge in [0, 0.05) is 12.5 Å². The number of rotatable bonds is 3.